The molecule has 20 heavy (non-hydrogen) atoms. The summed E-state index contributed by atoms with van der Waals surface area (Å²) in [4.78, 5) is 3.75. The van der Waals surface area contributed by atoms with Gasteiger partial charge < -0.3 is 10.1 Å². The number of hydrogen-bond donors (Lipinski definition) is 1. The molecule has 3 nitrogen and oxygen atoms in total. The minimum absolute atomic E-state index is 0.0784. The van der Waals surface area contributed by atoms with Crippen LogP contribution < -0.4 is 10.1 Å². The molecule has 2 aromatic rings. The highest BCUT2D eigenvalue weighted by atomic mass is 19.1. The first-order valence-electron chi connectivity index (χ1n) is 6.13. The summed E-state index contributed by atoms with van der Waals surface area (Å²) >= 11 is 0. The first kappa shape index (κ1) is 14.2. The Kier molecular flexibility index (Phi) is 4.45. The van der Waals surface area contributed by atoms with Crippen molar-refractivity contribution in [3.05, 3.63) is 47.8 Å². The number of ether oxygens (including phenoxy) is 1. The fraction of sp³-hybridized carbons (Fsp3) is 0.214. The van der Waals surface area contributed by atoms with E-state index in [1.165, 1.54) is 24.3 Å². The Hall–Kier alpha value is -2.24. The zero-order valence-corrected chi connectivity index (χ0v) is 10.8. The van der Waals surface area contributed by atoms with Gasteiger partial charge in [-0.25, -0.2) is 13.2 Å². The van der Waals surface area contributed by atoms with Gasteiger partial charge >= 0.3 is 0 Å². The molecule has 106 valence electrons. The van der Waals surface area contributed by atoms with Gasteiger partial charge in [-0.1, -0.05) is 6.92 Å². The predicted octanol–water partition coefficient (Wildman–Crippen LogP) is 4.11. The molecule has 1 heterocycles. The first-order chi connectivity index (χ1) is 9.60. The lowest BCUT2D eigenvalue weighted by Crippen LogP contribution is -2.06. The molecule has 0 aliphatic carbocycles. The van der Waals surface area contributed by atoms with Crippen molar-refractivity contribution in [3.8, 4) is 11.6 Å². The van der Waals surface area contributed by atoms with E-state index >= 15 is 0 Å². The van der Waals surface area contributed by atoms with Crippen LogP contribution in [0.3, 0.4) is 0 Å². The second-order valence-corrected chi connectivity index (χ2v) is 4.09. The second kappa shape index (κ2) is 6.27. The van der Waals surface area contributed by atoms with Crippen molar-refractivity contribution in [1.82, 2.24) is 4.98 Å². The van der Waals surface area contributed by atoms with E-state index in [0.29, 0.717) is 12.6 Å². The topological polar surface area (TPSA) is 34.2 Å². The second-order valence-electron chi connectivity index (χ2n) is 4.09. The molecule has 0 fully saturated rings. The Bertz CT molecular complexity index is 588. The van der Waals surface area contributed by atoms with E-state index < -0.39 is 17.5 Å². The summed E-state index contributed by atoms with van der Waals surface area (Å²) < 4.78 is 45.0. The van der Waals surface area contributed by atoms with E-state index in [9.17, 15) is 13.2 Å². The number of benzene rings is 1. The summed E-state index contributed by atoms with van der Waals surface area (Å²) in [5.41, 5.74) is 0. The van der Waals surface area contributed by atoms with Crippen molar-refractivity contribution >= 4 is 5.82 Å². The summed E-state index contributed by atoms with van der Waals surface area (Å²) in [5.74, 6) is -2.38. The fourth-order valence-electron chi connectivity index (χ4n) is 1.50. The average molecular weight is 282 g/mol. The monoisotopic (exact) mass is 282 g/mol. The van der Waals surface area contributed by atoms with Gasteiger partial charge in [-0.3, -0.25) is 0 Å². The molecular weight excluding hydrogens is 269 g/mol. The van der Waals surface area contributed by atoms with E-state index in [1.807, 2.05) is 6.92 Å². The molecule has 2 rings (SSSR count). The highest BCUT2D eigenvalue weighted by molar-refractivity contribution is 5.41. The van der Waals surface area contributed by atoms with Gasteiger partial charge in [-0.05, 0) is 30.7 Å². The van der Waals surface area contributed by atoms with Crippen LogP contribution in [0.2, 0.25) is 0 Å². The van der Waals surface area contributed by atoms with Crippen molar-refractivity contribution in [1.29, 1.82) is 0 Å². The molecular formula is C14H13F3N2O. The third-order valence-corrected chi connectivity index (χ3v) is 2.47. The third kappa shape index (κ3) is 3.40. The number of rotatable bonds is 5. The summed E-state index contributed by atoms with van der Waals surface area (Å²) in [7, 11) is 0. The van der Waals surface area contributed by atoms with Crippen LogP contribution in [0.4, 0.5) is 19.0 Å². The molecule has 6 heteroatoms. The first-order valence-corrected chi connectivity index (χ1v) is 6.13. The molecule has 0 radical (unpaired) electrons. The van der Waals surface area contributed by atoms with Crippen molar-refractivity contribution in [2.24, 2.45) is 0 Å². The van der Waals surface area contributed by atoms with Gasteiger partial charge in [-0.2, -0.15) is 4.98 Å². The fourth-order valence-corrected chi connectivity index (χ4v) is 1.50. The minimum atomic E-state index is -0.922. The number of pyridine rings is 1. The van der Waals surface area contributed by atoms with Crippen molar-refractivity contribution in [3.63, 3.8) is 0 Å². The molecule has 0 atom stereocenters. The van der Waals surface area contributed by atoms with Crippen LogP contribution >= 0.6 is 0 Å². The van der Waals surface area contributed by atoms with E-state index in [2.05, 4.69) is 10.3 Å². The molecule has 1 N–H and O–H groups in total. The van der Waals surface area contributed by atoms with Gasteiger partial charge in [-0.15, -0.1) is 0 Å². The van der Waals surface area contributed by atoms with Crippen LogP contribution in [0.15, 0.2) is 30.3 Å². The summed E-state index contributed by atoms with van der Waals surface area (Å²) in [6.45, 7) is 2.41. The lowest BCUT2D eigenvalue weighted by atomic mass is 10.3. The largest absolute Gasteiger partial charge is 0.436 e. The summed E-state index contributed by atoms with van der Waals surface area (Å²) in [6, 6.07) is 5.71. The third-order valence-electron chi connectivity index (χ3n) is 2.47. The molecule has 0 spiro atoms. The molecule has 0 saturated carbocycles. The van der Waals surface area contributed by atoms with Crippen LogP contribution in [-0.4, -0.2) is 11.5 Å². The zero-order chi connectivity index (χ0) is 14.5. The smallest absolute Gasteiger partial charge is 0.258 e. The normalized spacial score (nSPS) is 10.4. The van der Waals surface area contributed by atoms with Crippen LogP contribution in [0.5, 0.6) is 11.6 Å². The maximum Gasteiger partial charge on any atom is 0.258 e. The minimum Gasteiger partial charge on any atom is -0.436 e. The quantitative estimate of drug-likeness (QED) is 0.896. The lowest BCUT2D eigenvalue weighted by molar-refractivity contribution is 0.417. The Morgan fingerprint density at radius 3 is 2.45 bits per heavy atom. The van der Waals surface area contributed by atoms with Crippen LogP contribution in [0, 0.1) is 17.5 Å². The molecule has 0 bridgehead atoms. The number of halogens is 3. The standard InChI is InChI=1S/C14H13F3N2O/c1-2-7-18-13-11(16)8-12(17)14(19-13)20-10-5-3-9(15)4-6-10/h3-6,8H,2,7H2,1H3,(H,18,19). The van der Waals surface area contributed by atoms with E-state index in [4.69, 9.17) is 4.74 Å². The van der Waals surface area contributed by atoms with Gasteiger partial charge in [0.05, 0.1) is 0 Å². The van der Waals surface area contributed by atoms with Gasteiger partial charge in [0.1, 0.15) is 11.6 Å². The van der Waals surface area contributed by atoms with Crippen LogP contribution in [0.1, 0.15) is 13.3 Å². The molecule has 0 aliphatic heterocycles. The van der Waals surface area contributed by atoms with Crippen LogP contribution in [0.25, 0.3) is 0 Å². The summed E-state index contributed by atoms with van der Waals surface area (Å²) in [6.07, 6.45) is 0.770. The van der Waals surface area contributed by atoms with Crippen molar-refractivity contribution in [2.75, 3.05) is 11.9 Å². The number of anilines is 1. The molecule has 0 aliphatic rings. The van der Waals surface area contributed by atoms with Crippen molar-refractivity contribution in [2.45, 2.75) is 13.3 Å². The molecule has 1 aromatic carbocycles. The molecule has 1 aromatic heterocycles. The Morgan fingerprint density at radius 1 is 1.10 bits per heavy atom. The number of aromatic nitrogens is 1. The number of nitrogens with one attached hydrogen (secondary N) is 1. The molecule has 0 saturated heterocycles. The summed E-state index contributed by atoms with van der Waals surface area (Å²) in [5, 5.41) is 2.73. The SMILES string of the molecule is CCCNc1nc(Oc2ccc(F)cc2)c(F)cc1F. The predicted molar refractivity (Wildman–Crippen MR) is 69.4 cm³/mol. The van der Waals surface area contributed by atoms with Gasteiger partial charge in [0, 0.05) is 12.6 Å². The van der Waals surface area contributed by atoms with E-state index in [1.54, 1.807) is 0 Å². The molecule has 0 unspecified atom stereocenters. The van der Waals surface area contributed by atoms with E-state index in [0.717, 1.165) is 6.42 Å². The zero-order valence-electron chi connectivity index (χ0n) is 10.8. The maximum absolute atomic E-state index is 13.6. The van der Waals surface area contributed by atoms with Gasteiger partial charge in [0.25, 0.3) is 5.88 Å². The van der Waals surface area contributed by atoms with Gasteiger partial charge in [0.2, 0.25) is 0 Å². The Morgan fingerprint density at radius 2 is 1.80 bits per heavy atom. The number of nitrogens with zero attached hydrogens (tertiary/aromatic N) is 1. The maximum atomic E-state index is 13.6. The highest BCUT2D eigenvalue weighted by Crippen LogP contribution is 2.26. The average Bonchev–Trinajstić information content (AvgIpc) is 2.43. The molecule has 0 amide bonds. The Labute approximate surface area is 114 Å². The number of hydrogen-bond acceptors (Lipinski definition) is 3. The van der Waals surface area contributed by atoms with Crippen molar-refractivity contribution < 1.29 is 17.9 Å². The Balaban J connectivity index is 2.24. The lowest BCUT2D eigenvalue weighted by Gasteiger charge is -2.10. The van der Waals surface area contributed by atoms with Crippen LogP contribution in [-0.2, 0) is 0 Å². The highest BCUT2D eigenvalue weighted by Gasteiger charge is 2.13. The van der Waals surface area contributed by atoms with Gasteiger partial charge in [0.15, 0.2) is 17.5 Å². The van der Waals surface area contributed by atoms with E-state index in [-0.39, 0.29) is 17.4 Å².